The summed E-state index contributed by atoms with van der Waals surface area (Å²) in [7, 11) is 0. The molecule has 0 atom stereocenters. The second-order valence-corrected chi connectivity index (χ2v) is 5.36. The molecule has 1 aromatic rings. The third-order valence-electron chi connectivity index (χ3n) is 3.48. The highest BCUT2D eigenvalue weighted by Gasteiger charge is 2.29. The first-order valence-electron chi connectivity index (χ1n) is 7.30. The van der Waals surface area contributed by atoms with Gasteiger partial charge in [-0.3, -0.25) is 4.79 Å². The zero-order chi connectivity index (χ0) is 16.9. The number of halogens is 3. The molecular weight excluding hydrogens is 313 g/mol. The number of hydrogen-bond acceptors (Lipinski definition) is 4. The van der Waals surface area contributed by atoms with Crippen LogP contribution < -0.4 is 15.2 Å². The van der Waals surface area contributed by atoms with Gasteiger partial charge in [-0.15, -0.1) is 0 Å². The van der Waals surface area contributed by atoms with E-state index in [1.165, 1.54) is 18.2 Å². The van der Waals surface area contributed by atoms with Gasteiger partial charge in [-0.1, -0.05) is 12.1 Å². The fourth-order valence-corrected chi connectivity index (χ4v) is 2.23. The zero-order valence-corrected chi connectivity index (χ0v) is 12.5. The zero-order valence-electron chi connectivity index (χ0n) is 12.5. The van der Waals surface area contributed by atoms with Gasteiger partial charge in [0.15, 0.2) is 24.7 Å². The molecule has 1 heterocycles. The first-order chi connectivity index (χ1) is 10.8. The van der Waals surface area contributed by atoms with E-state index in [1.54, 1.807) is 11.0 Å². The predicted octanol–water partition coefficient (Wildman–Crippen LogP) is 1.96. The van der Waals surface area contributed by atoms with E-state index in [0.29, 0.717) is 13.1 Å². The number of benzene rings is 1. The van der Waals surface area contributed by atoms with E-state index < -0.39 is 12.8 Å². The number of likely N-dealkylation sites (tertiary alicyclic amines) is 1. The van der Waals surface area contributed by atoms with Gasteiger partial charge in [0.1, 0.15) is 0 Å². The fraction of sp³-hybridized carbons (Fsp3) is 0.533. The predicted molar refractivity (Wildman–Crippen MR) is 77.3 cm³/mol. The van der Waals surface area contributed by atoms with Gasteiger partial charge in [0.2, 0.25) is 0 Å². The average Bonchev–Trinajstić information content (AvgIpc) is 2.51. The average molecular weight is 332 g/mol. The first kappa shape index (κ1) is 17.4. The van der Waals surface area contributed by atoms with Crippen LogP contribution in [0.25, 0.3) is 0 Å². The van der Waals surface area contributed by atoms with Crippen molar-refractivity contribution >= 4 is 5.91 Å². The third kappa shape index (κ3) is 5.63. The van der Waals surface area contributed by atoms with Gasteiger partial charge < -0.3 is 20.1 Å². The standard InChI is InChI=1S/C15H19F3N2O3/c16-15(17,18)10-23-13-4-2-1-3-12(13)22-9-14(21)20-7-5-11(19)6-8-20/h1-4,11H,5-10,19H2. The van der Waals surface area contributed by atoms with Gasteiger partial charge in [0.25, 0.3) is 5.91 Å². The minimum atomic E-state index is -4.44. The maximum absolute atomic E-state index is 12.2. The second kappa shape index (κ2) is 7.54. The lowest BCUT2D eigenvalue weighted by Crippen LogP contribution is -2.44. The molecule has 2 rings (SSSR count). The lowest BCUT2D eigenvalue weighted by atomic mass is 10.1. The van der Waals surface area contributed by atoms with E-state index in [2.05, 4.69) is 0 Å². The maximum Gasteiger partial charge on any atom is 0.422 e. The summed E-state index contributed by atoms with van der Waals surface area (Å²) in [5.74, 6) is -0.153. The molecule has 0 aliphatic carbocycles. The van der Waals surface area contributed by atoms with Crippen molar-refractivity contribution in [3.8, 4) is 11.5 Å². The van der Waals surface area contributed by atoms with Crippen LogP contribution in [0, 0.1) is 0 Å². The molecule has 1 saturated heterocycles. The lowest BCUT2D eigenvalue weighted by Gasteiger charge is -2.30. The molecule has 0 unspecified atom stereocenters. The molecule has 5 nitrogen and oxygen atoms in total. The number of rotatable bonds is 5. The normalized spacial score (nSPS) is 16.3. The van der Waals surface area contributed by atoms with Gasteiger partial charge in [0.05, 0.1) is 0 Å². The third-order valence-corrected chi connectivity index (χ3v) is 3.48. The first-order valence-corrected chi connectivity index (χ1v) is 7.30. The molecule has 1 aromatic carbocycles. The van der Waals surface area contributed by atoms with Crippen LogP contribution >= 0.6 is 0 Å². The summed E-state index contributed by atoms with van der Waals surface area (Å²) in [5.41, 5.74) is 5.77. The molecular formula is C15H19F3N2O3. The van der Waals surface area contributed by atoms with Crippen LogP contribution in [0.2, 0.25) is 0 Å². The molecule has 0 radical (unpaired) electrons. The topological polar surface area (TPSA) is 64.8 Å². The van der Waals surface area contributed by atoms with Crippen molar-refractivity contribution in [2.75, 3.05) is 26.3 Å². The van der Waals surface area contributed by atoms with Crippen molar-refractivity contribution in [1.29, 1.82) is 0 Å². The minimum absolute atomic E-state index is 0.0432. The molecule has 23 heavy (non-hydrogen) atoms. The number of hydrogen-bond donors (Lipinski definition) is 1. The molecule has 0 aromatic heterocycles. The van der Waals surface area contributed by atoms with E-state index in [4.69, 9.17) is 15.2 Å². The maximum atomic E-state index is 12.2. The molecule has 1 aliphatic rings. The number of ether oxygens (including phenoxy) is 2. The highest BCUT2D eigenvalue weighted by atomic mass is 19.4. The molecule has 2 N–H and O–H groups in total. The molecule has 0 saturated carbocycles. The Bertz CT molecular complexity index is 529. The van der Waals surface area contributed by atoms with Crippen LogP contribution in [0.3, 0.4) is 0 Å². The van der Waals surface area contributed by atoms with Crippen molar-refractivity contribution in [3.05, 3.63) is 24.3 Å². The van der Waals surface area contributed by atoms with Gasteiger partial charge in [-0.05, 0) is 25.0 Å². The summed E-state index contributed by atoms with van der Waals surface area (Å²) in [5, 5.41) is 0. The molecule has 1 aliphatic heterocycles. The van der Waals surface area contributed by atoms with Crippen LogP contribution in [0.15, 0.2) is 24.3 Å². The number of alkyl halides is 3. The highest BCUT2D eigenvalue weighted by molar-refractivity contribution is 5.78. The van der Waals surface area contributed by atoms with Crippen LogP contribution in [0.4, 0.5) is 13.2 Å². The fourth-order valence-electron chi connectivity index (χ4n) is 2.23. The molecule has 8 heteroatoms. The Morgan fingerprint density at radius 3 is 2.30 bits per heavy atom. The monoisotopic (exact) mass is 332 g/mol. The Hall–Kier alpha value is -1.96. The van der Waals surface area contributed by atoms with Crippen LogP contribution in [-0.4, -0.2) is 49.3 Å². The summed E-state index contributed by atoms with van der Waals surface area (Å²) in [6.07, 6.45) is -2.97. The smallest absolute Gasteiger partial charge is 0.422 e. The van der Waals surface area contributed by atoms with E-state index in [9.17, 15) is 18.0 Å². The van der Waals surface area contributed by atoms with E-state index >= 15 is 0 Å². The number of nitrogens with zero attached hydrogens (tertiary/aromatic N) is 1. The van der Waals surface area contributed by atoms with Gasteiger partial charge in [-0.25, -0.2) is 0 Å². The Morgan fingerprint density at radius 1 is 1.17 bits per heavy atom. The Balaban J connectivity index is 1.89. The summed E-state index contributed by atoms with van der Waals surface area (Å²) in [4.78, 5) is 13.7. The Kier molecular flexibility index (Phi) is 5.70. The van der Waals surface area contributed by atoms with Gasteiger partial charge >= 0.3 is 6.18 Å². The Labute approximate surface area is 132 Å². The molecule has 1 fully saturated rings. The molecule has 1 amide bonds. The number of carbonyl (C=O) groups is 1. The van der Waals surface area contributed by atoms with Crippen molar-refractivity contribution in [2.24, 2.45) is 5.73 Å². The van der Waals surface area contributed by atoms with E-state index in [-0.39, 0.29) is 30.1 Å². The minimum Gasteiger partial charge on any atom is -0.480 e. The largest absolute Gasteiger partial charge is 0.480 e. The molecule has 128 valence electrons. The lowest BCUT2D eigenvalue weighted by molar-refractivity contribution is -0.153. The quantitative estimate of drug-likeness (QED) is 0.895. The Morgan fingerprint density at radius 2 is 1.74 bits per heavy atom. The highest BCUT2D eigenvalue weighted by Crippen LogP contribution is 2.28. The number of nitrogens with two attached hydrogens (primary N) is 1. The number of carbonyl (C=O) groups excluding carboxylic acids is 1. The van der Waals surface area contributed by atoms with Gasteiger partial charge in [0, 0.05) is 19.1 Å². The number of piperidine rings is 1. The van der Waals surface area contributed by atoms with Gasteiger partial charge in [-0.2, -0.15) is 13.2 Å². The summed E-state index contributed by atoms with van der Waals surface area (Å²) in [6, 6.07) is 6.07. The summed E-state index contributed by atoms with van der Waals surface area (Å²) >= 11 is 0. The van der Waals surface area contributed by atoms with Crippen molar-refractivity contribution < 1.29 is 27.4 Å². The summed E-state index contributed by atoms with van der Waals surface area (Å²) in [6.45, 7) is -0.530. The van der Waals surface area contributed by atoms with Crippen molar-refractivity contribution in [1.82, 2.24) is 4.90 Å². The number of para-hydroxylation sites is 2. The second-order valence-electron chi connectivity index (χ2n) is 5.36. The number of amides is 1. The van der Waals surface area contributed by atoms with Crippen LogP contribution in [0.5, 0.6) is 11.5 Å². The summed E-state index contributed by atoms with van der Waals surface area (Å²) < 4.78 is 46.7. The SMILES string of the molecule is NC1CCN(C(=O)COc2ccccc2OCC(F)(F)F)CC1. The van der Waals surface area contributed by atoms with Crippen molar-refractivity contribution in [3.63, 3.8) is 0 Å². The van der Waals surface area contributed by atoms with Crippen LogP contribution in [-0.2, 0) is 4.79 Å². The van der Waals surface area contributed by atoms with E-state index in [0.717, 1.165) is 12.8 Å². The molecule has 0 spiro atoms. The van der Waals surface area contributed by atoms with Crippen LogP contribution in [0.1, 0.15) is 12.8 Å². The molecule has 0 bridgehead atoms. The van der Waals surface area contributed by atoms with Crippen molar-refractivity contribution in [2.45, 2.75) is 25.1 Å². The van der Waals surface area contributed by atoms with E-state index in [1.807, 2.05) is 0 Å².